The van der Waals surface area contributed by atoms with Crippen LogP contribution in [-0.4, -0.2) is 32.9 Å². The average Bonchev–Trinajstić information content (AvgIpc) is 3.09. The summed E-state index contributed by atoms with van der Waals surface area (Å²) in [5, 5.41) is 9.21. The maximum absolute atomic E-state index is 12.7. The Kier molecular flexibility index (Phi) is 5.32. The molecule has 0 aliphatic carbocycles. The topological polar surface area (TPSA) is 66.2 Å². The van der Waals surface area contributed by atoms with Crippen LogP contribution >= 0.6 is 11.8 Å². The number of nitrogens with zero attached hydrogens (tertiary/aromatic N) is 3. The quantitative estimate of drug-likeness (QED) is 0.464. The van der Waals surface area contributed by atoms with Gasteiger partial charge in [-0.25, -0.2) is 0 Å². The van der Waals surface area contributed by atoms with E-state index < -0.39 is 0 Å². The molecule has 150 valence electrons. The van der Waals surface area contributed by atoms with Gasteiger partial charge in [-0.1, -0.05) is 30.0 Å². The van der Waals surface area contributed by atoms with Crippen LogP contribution in [0.4, 0.5) is 0 Å². The first-order valence-corrected chi connectivity index (χ1v) is 10.4. The second-order valence-corrected chi connectivity index (χ2v) is 8.17. The summed E-state index contributed by atoms with van der Waals surface area (Å²) in [7, 11) is 1.88. The zero-order chi connectivity index (χ0) is 20.5. The third-order valence-electron chi connectivity index (χ3n) is 5.14. The number of aryl methyl sites for hydroxylation is 3. The second kappa shape index (κ2) is 7.91. The molecule has 0 saturated carbocycles. The van der Waals surface area contributed by atoms with E-state index >= 15 is 0 Å². The Balaban J connectivity index is 1.46. The number of carbonyl (C=O) groups is 1. The minimum absolute atomic E-state index is 0.0892. The molecule has 3 aromatic rings. The highest BCUT2D eigenvalue weighted by Gasteiger charge is 2.27. The largest absolute Gasteiger partial charge is 0.485 e. The molecular weight excluding hydrogens is 386 g/mol. The van der Waals surface area contributed by atoms with Crippen LogP contribution in [0.5, 0.6) is 11.5 Å². The molecule has 4 rings (SSSR count). The fourth-order valence-corrected chi connectivity index (χ4v) is 4.15. The highest BCUT2D eigenvalue weighted by Crippen LogP contribution is 2.35. The van der Waals surface area contributed by atoms with Gasteiger partial charge in [0.2, 0.25) is 0 Å². The number of Topliss-reactive ketones (excluding diaryl/α,β-unsaturated/α-hetero) is 1. The number of ketones is 1. The first kappa shape index (κ1) is 19.5. The Labute approximate surface area is 174 Å². The number of carbonyl (C=O) groups excluding carboxylic acids is 1. The summed E-state index contributed by atoms with van der Waals surface area (Å²) in [6, 6.07) is 11.6. The van der Waals surface area contributed by atoms with E-state index in [1.165, 1.54) is 17.3 Å². The SMILES string of the molecule is Cc1cc(C)c(C(=O)CSc2nnc(C3COc4ccccc4O3)n2C)cc1C. The molecule has 1 atom stereocenters. The van der Waals surface area contributed by atoms with Crippen LogP contribution in [-0.2, 0) is 7.05 Å². The lowest BCUT2D eigenvalue weighted by Gasteiger charge is -2.25. The molecule has 0 fully saturated rings. The maximum atomic E-state index is 12.7. The van der Waals surface area contributed by atoms with E-state index in [4.69, 9.17) is 9.47 Å². The summed E-state index contributed by atoms with van der Waals surface area (Å²) in [5.74, 6) is 2.50. The molecule has 0 bridgehead atoms. The molecule has 1 unspecified atom stereocenters. The van der Waals surface area contributed by atoms with Gasteiger partial charge >= 0.3 is 0 Å². The standard InChI is InChI=1S/C22H23N3O3S/c1-13-9-15(3)16(10-14(13)2)17(26)12-29-22-24-23-21(25(22)4)20-11-27-18-7-5-6-8-19(18)28-20/h5-10,20H,11-12H2,1-4H3. The lowest BCUT2D eigenvalue weighted by Crippen LogP contribution is -2.24. The number of thioether (sulfide) groups is 1. The van der Waals surface area contributed by atoms with Crippen molar-refractivity contribution in [1.82, 2.24) is 14.8 Å². The molecule has 0 amide bonds. The van der Waals surface area contributed by atoms with Crippen LogP contribution in [0.1, 0.15) is 39.0 Å². The number of hydrogen-bond donors (Lipinski definition) is 0. The summed E-state index contributed by atoms with van der Waals surface area (Å²) < 4.78 is 13.7. The summed E-state index contributed by atoms with van der Waals surface area (Å²) >= 11 is 1.38. The number of aromatic nitrogens is 3. The third kappa shape index (κ3) is 3.87. The highest BCUT2D eigenvalue weighted by atomic mass is 32.2. The van der Waals surface area contributed by atoms with Gasteiger partial charge in [-0.15, -0.1) is 10.2 Å². The molecule has 0 N–H and O–H groups in total. The number of ether oxygens (including phenoxy) is 2. The average molecular weight is 410 g/mol. The number of hydrogen-bond acceptors (Lipinski definition) is 6. The van der Waals surface area contributed by atoms with Crippen molar-refractivity contribution in [2.75, 3.05) is 12.4 Å². The van der Waals surface area contributed by atoms with Crippen molar-refractivity contribution in [3.63, 3.8) is 0 Å². The molecule has 1 aliphatic rings. The van der Waals surface area contributed by atoms with Crippen molar-refractivity contribution in [2.45, 2.75) is 32.0 Å². The molecule has 7 heteroatoms. The normalized spacial score (nSPS) is 15.4. The third-order valence-corrected chi connectivity index (χ3v) is 6.16. The van der Waals surface area contributed by atoms with E-state index in [-0.39, 0.29) is 11.9 Å². The van der Waals surface area contributed by atoms with Gasteiger partial charge in [0.1, 0.15) is 6.61 Å². The highest BCUT2D eigenvalue weighted by molar-refractivity contribution is 7.99. The van der Waals surface area contributed by atoms with Gasteiger partial charge in [-0.2, -0.15) is 0 Å². The van der Waals surface area contributed by atoms with Crippen LogP contribution in [0.2, 0.25) is 0 Å². The Hall–Kier alpha value is -2.80. The smallest absolute Gasteiger partial charge is 0.192 e. The monoisotopic (exact) mass is 409 g/mol. The fourth-order valence-electron chi connectivity index (χ4n) is 3.35. The predicted octanol–water partition coefficient (Wildman–Crippen LogP) is 4.23. The van der Waals surface area contributed by atoms with Crippen LogP contribution in [0.25, 0.3) is 0 Å². The Morgan fingerprint density at radius 1 is 1.10 bits per heavy atom. The Morgan fingerprint density at radius 3 is 2.62 bits per heavy atom. The molecule has 2 aromatic carbocycles. The van der Waals surface area contributed by atoms with Crippen molar-refractivity contribution < 1.29 is 14.3 Å². The summed E-state index contributed by atoms with van der Waals surface area (Å²) in [6.45, 7) is 6.43. The molecule has 6 nitrogen and oxygen atoms in total. The van der Waals surface area contributed by atoms with E-state index in [2.05, 4.69) is 23.2 Å². The van der Waals surface area contributed by atoms with Crippen molar-refractivity contribution in [3.05, 3.63) is 64.5 Å². The fraction of sp³-hybridized carbons (Fsp3) is 0.318. The first-order valence-electron chi connectivity index (χ1n) is 9.45. The summed E-state index contributed by atoms with van der Waals surface area (Å²) in [6.07, 6.45) is -0.338. The minimum Gasteiger partial charge on any atom is -0.485 e. The molecule has 1 aromatic heterocycles. The van der Waals surface area contributed by atoms with Gasteiger partial charge in [0.15, 0.2) is 34.4 Å². The molecular formula is C22H23N3O3S. The first-order chi connectivity index (χ1) is 13.9. The maximum Gasteiger partial charge on any atom is 0.192 e. The van der Waals surface area contributed by atoms with Gasteiger partial charge in [-0.05, 0) is 55.7 Å². The lowest BCUT2D eigenvalue weighted by atomic mass is 9.99. The number of fused-ring (bicyclic) bond motifs is 1. The molecule has 29 heavy (non-hydrogen) atoms. The van der Waals surface area contributed by atoms with Crippen LogP contribution < -0.4 is 9.47 Å². The zero-order valence-electron chi connectivity index (χ0n) is 16.9. The van der Waals surface area contributed by atoms with Gasteiger partial charge < -0.3 is 14.0 Å². The van der Waals surface area contributed by atoms with E-state index in [0.717, 1.165) is 22.4 Å². The zero-order valence-corrected chi connectivity index (χ0v) is 17.7. The van der Waals surface area contributed by atoms with Gasteiger partial charge in [0.25, 0.3) is 0 Å². The predicted molar refractivity (Wildman–Crippen MR) is 112 cm³/mol. The van der Waals surface area contributed by atoms with Crippen molar-refractivity contribution in [3.8, 4) is 11.5 Å². The van der Waals surface area contributed by atoms with Gasteiger partial charge in [-0.3, -0.25) is 4.79 Å². The number of para-hydroxylation sites is 2. The number of rotatable bonds is 5. The molecule has 0 spiro atoms. The second-order valence-electron chi connectivity index (χ2n) is 7.23. The molecule has 1 aliphatic heterocycles. The van der Waals surface area contributed by atoms with Crippen LogP contribution in [0.3, 0.4) is 0 Å². The van der Waals surface area contributed by atoms with Crippen LogP contribution in [0, 0.1) is 20.8 Å². The van der Waals surface area contributed by atoms with Gasteiger partial charge in [0, 0.05) is 12.6 Å². The molecule has 0 saturated heterocycles. The van der Waals surface area contributed by atoms with E-state index in [0.29, 0.717) is 29.1 Å². The van der Waals surface area contributed by atoms with E-state index in [9.17, 15) is 4.79 Å². The van der Waals surface area contributed by atoms with E-state index in [1.54, 1.807) is 0 Å². The summed E-state index contributed by atoms with van der Waals surface area (Å²) in [4.78, 5) is 12.7. The number of benzene rings is 2. The van der Waals surface area contributed by atoms with Crippen molar-refractivity contribution in [1.29, 1.82) is 0 Å². The molecule has 0 radical (unpaired) electrons. The van der Waals surface area contributed by atoms with Crippen molar-refractivity contribution in [2.24, 2.45) is 7.05 Å². The van der Waals surface area contributed by atoms with E-state index in [1.807, 2.05) is 55.8 Å². The van der Waals surface area contributed by atoms with Crippen LogP contribution in [0.15, 0.2) is 41.6 Å². The van der Waals surface area contributed by atoms with Gasteiger partial charge in [0.05, 0.1) is 5.75 Å². The minimum atomic E-state index is -0.338. The Morgan fingerprint density at radius 2 is 1.83 bits per heavy atom. The summed E-state index contributed by atoms with van der Waals surface area (Å²) in [5.41, 5.74) is 4.09. The Bertz CT molecular complexity index is 1080. The lowest BCUT2D eigenvalue weighted by molar-refractivity contribution is 0.0825. The molecule has 2 heterocycles. The van der Waals surface area contributed by atoms with Crippen molar-refractivity contribution >= 4 is 17.5 Å².